The van der Waals surface area contributed by atoms with Crippen LogP contribution in [0.1, 0.15) is 55.3 Å². The second-order valence-corrected chi connectivity index (χ2v) is 7.62. The minimum Gasteiger partial charge on any atom is -0.307 e. The molecule has 1 N–H and O–H groups in total. The SMILES string of the molecule is CCSC1CCC(NC2CCc3ccc(C)cc32)C1. The zero-order valence-corrected chi connectivity index (χ0v) is 12.9. The summed E-state index contributed by atoms with van der Waals surface area (Å²) >= 11 is 2.15. The number of aryl methyl sites for hydroxylation is 2. The number of thioether (sulfide) groups is 1. The first kappa shape index (κ1) is 13.5. The van der Waals surface area contributed by atoms with E-state index >= 15 is 0 Å². The van der Waals surface area contributed by atoms with Gasteiger partial charge in [0, 0.05) is 17.3 Å². The van der Waals surface area contributed by atoms with Crippen molar-refractivity contribution in [1.82, 2.24) is 5.32 Å². The first-order valence-corrected chi connectivity index (χ1v) is 8.78. The van der Waals surface area contributed by atoms with Crippen molar-refractivity contribution in [2.45, 2.75) is 63.3 Å². The van der Waals surface area contributed by atoms with E-state index in [-0.39, 0.29) is 0 Å². The van der Waals surface area contributed by atoms with Crippen LogP contribution in [0.25, 0.3) is 0 Å². The number of fused-ring (bicyclic) bond motifs is 1. The van der Waals surface area contributed by atoms with Gasteiger partial charge in [0.05, 0.1) is 0 Å². The molecule has 1 aromatic rings. The van der Waals surface area contributed by atoms with Gasteiger partial charge in [-0.15, -0.1) is 0 Å². The van der Waals surface area contributed by atoms with Crippen LogP contribution < -0.4 is 5.32 Å². The monoisotopic (exact) mass is 275 g/mol. The highest BCUT2D eigenvalue weighted by Gasteiger charge is 2.29. The second-order valence-electron chi connectivity index (χ2n) is 6.05. The van der Waals surface area contributed by atoms with Crippen LogP contribution in [-0.2, 0) is 6.42 Å². The molecule has 1 saturated carbocycles. The molecule has 0 bridgehead atoms. The molecular formula is C17H25NS. The highest BCUT2D eigenvalue weighted by molar-refractivity contribution is 7.99. The van der Waals surface area contributed by atoms with Crippen LogP contribution in [-0.4, -0.2) is 17.0 Å². The Kier molecular flexibility index (Phi) is 4.18. The molecule has 3 atom stereocenters. The van der Waals surface area contributed by atoms with Gasteiger partial charge in [-0.2, -0.15) is 11.8 Å². The maximum Gasteiger partial charge on any atom is 0.0328 e. The largest absolute Gasteiger partial charge is 0.307 e. The number of hydrogen-bond donors (Lipinski definition) is 1. The van der Waals surface area contributed by atoms with Crippen LogP contribution in [0, 0.1) is 6.92 Å². The van der Waals surface area contributed by atoms with E-state index in [0.717, 1.165) is 11.3 Å². The van der Waals surface area contributed by atoms with Gasteiger partial charge in [-0.25, -0.2) is 0 Å². The van der Waals surface area contributed by atoms with Crippen molar-refractivity contribution in [2.75, 3.05) is 5.75 Å². The van der Waals surface area contributed by atoms with Gasteiger partial charge in [0.25, 0.3) is 0 Å². The molecule has 1 nitrogen and oxygen atoms in total. The van der Waals surface area contributed by atoms with Crippen LogP contribution in [0.4, 0.5) is 0 Å². The Morgan fingerprint density at radius 2 is 2.16 bits per heavy atom. The smallest absolute Gasteiger partial charge is 0.0328 e. The van der Waals surface area contributed by atoms with Crippen molar-refractivity contribution < 1.29 is 0 Å². The molecular weight excluding hydrogens is 250 g/mol. The average molecular weight is 275 g/mol. The van der Waals surface area contributed by atoms with Gasteiger partial charge in [0.15, 0.2) is 0 Å². The quantitative estimate of drug-likeness (QED) is 0.882. The molecule has 2 aliphatic carbocycles. The topological polar surface area (TPSA) is 12.0 Å². The molecule has 1 aromatic carbocycles. The van der Waals surface area contributed by atoms with Gasteiger partial charge in [0.2, 0.25) is 0 Å². The summed E-state index contributed by atoms with van der Waals surface area (Å²) in [7, 11) is 0. The van der Waals surface area contributed by atoms with E-state index in [9.17, 15) is 0 Å². The van der Waals surface area contributed by atoms with Gasteiger partial charge < -0.3 is 5.32 Å². The Morgan fingerprint density at radius 3 is 3.00 bits per heavy atom. The molecule has 3 rings (SSSR count). The van der Waals surface area contributed by atoms with Crippen LogP contribution in [0.15, 0.2) is 18.2 Å². The summed E-state index contributed by atoms with van der Waals surface area (Å²) in [6.45, 7) is 4.49. The minimum absolute atomic E-state index is 0.616. The lowest BCUT2D eigenvalue weighted by Crippen LogP contribution is -2.30. The summed E-state index contributed by atoms with van der Waals surface area (Å²) in [5.74, 6) is 1.27. The predicted molar refractivity (Wildman–Crippen MR) is 84.9 cm³/mol. The predicted octanol–water partition coefficient (Wildman–Crippen LogP) is 4.25. The molecule has 0 aromatic heterocycles. The summed E-state index contributed by atoms with van der Waals surface area (Å²) in [6, 6.07) is 8.35. The maximum atomic E-state index is 3.94. The molecule has 0 spiro atoms. The van der Waals surface area contributed by atoms with Crippen LogP contribution in [0.2, 0.25) is 0 Å². The Balaban J connectivity index is 1.62. The Hall–Kier alpha value is -0.470. The molecule has 1 fully saturated rings. The number of rotatable bonds is 4. The van der Waals surface area contributed by atoms with E-state index in [2.05, 4.69) is 49.1 Å². The van der Waals surface area contributed by atoms with Crippen LogP contribution in [0.5, 0.6) is 0 Å². The lowest BCUT2D eigenvalue weighted by molar-refractivity contribution is 0.438. The number of nitrogens with one attached hydrogen (secondary N) is 1. The summed E-state index contributed by atoms with van der Waals surface area (Å²) in [6.07, 6.45) is 6.70. The van der Waals surface area contributed by atoms with Gasteiger partial charge in [0.1, 0.15) is 0 Å². The van der Waals surface area contributed by atoms with Crippen molar-refractivity contribution in [2.24, 2.45) is 0 Å². The second kappa shape index (κ2) is 5.88. The third-order valence-electron chi connectivity index (χ3n) is 4.60. The van der Waals surface area contributed by atoms with Gasteiger partial charge in [-0.05, 0) is 55.9 Å². The van der Waals surface area contributed by atoms with Crippen molar-refractivity contribution >= 4 is 11.8 Å². The molecule has 0 radical (unpaired) electrons. The normalized spacial score (nSPS) is 29.7. The lowest BCUT2D eigenvalue weighted by Gasteiger charge is -2.20. The highest BCUT2D eigenvalue weighted by atomic mass is 32.2. The zero-order valence-electron chi connectivity index (χ0n) is 12.1. The number of benzene rings is 1. The first-order chi connectivity index (χ1) is 9.26. The first-order valence-electron chi connectivity index (χ1n) is 7.73. The third-order valence-corrected chi connectivity index (χ3v) is 5.84. The van der Waals surface area contributed by atoms with Crippen LogP contribution in [0.3, 0.4) is 0 Å². The molecule has 3 unspecified atom stereocenters. The Bertz CT molecular complexity index is 443. The molecule has 2 heteroatoms. The average Bonchev–Trinajstić information content (AvgIpc) is 2.98. The molecule has 0 saturated heterocycles. The fourth-order valence-electron chi connectivity index (χ4n) is 3.66. The summed E-state index contributed by atoms with van der Waals surface area (Å²) in [5.41, 5.74) is 4.55. The standard InChI is InChI=1S/C17H25NS/c1-3-19-15-8-7-14(11-15)18-17-9-6-13-5-4-12(2)10-16(13)17/h4-5,10,14-15,17-18H,3,6-9,11H2,1-2H3. The molecule has 0 aliphatic heterocycles. The van der Waals surface area contributed by atoms with E-state index < -0.39 is 0 Å². The van der Waals surface area contributed by atoms with E-state index in [1.807, 2.05) is 0 Å². The fourth-order valence-corrected chi connectivity index (χ4v) is 4.80. The van der Waals surface area contributed by atoms with Crippen molar-refractivity contribution in [3.63, 3.8) is 0 Å². The third kappa shape index (κ3) is 3.00. The molecule has 19 heavy (non-hydrogen) atoms. The fraction of sp³-hybridized carbons (Fsp3) is 0.647. The lowest BCUT2D eigenvalue weighted by atomic mass is 10.0. The molecule has 0 heterocycles. The van der Waals surface area contributed by atoms with Gasteiger partial charge in [-0.3, -0.25) is 0 Å². The highest BCUT2D eigenvalue weighted by Crippen LogP contribution is 2.35. The van der Waals surface area contributed by atoms with Gasteiger partial charge in [-0.1, -0.05) is 30.7 Å². The summed E-state index contributed by atoms with van der Waals surface area (Å²) in [5, 5.41) is 4.84. The Morgan fingerprint density at radius 1 is 1.26 bits per heavy atom. The van der Waals surface area contributed by atoms with Crippen molar-refractivity contribution in [3.8, 4) is 0 Å². The molecule has 2 aliphatic rings. The zero-order chi connectivity index (χ0) is 13.2. The maximum absolute atomic E-state index is 3.94. The van der Waals surface area contributed by atoms with Gasteiger partial charge >= 0.3 is 0 Å². The van der Waals surface area contributed by atoms with Crippen molar-refractivity contribution in [3.05, 3.63) is 34.9 Å². The number of hydrogen-bond acceptors (Lipinski definition) is 2. The molecule has 0 amide bonds. The summed E-state index contributed by atoms with van der Waals surface area (Å²) in [4.78, 5) is 0. The van der Waals surface area contributed by atoms with E-state index in [0.29, 0.717) is 6.04 Å². The van der Waals surface area contributed by atoms with E-state index in [1.165, 1.54) is 43.4 Å². The molecule has 104 valence electrons. The van der Waals surface area contributed by atoms with Crippen LogP contribution >= 0.6 is 11.8 Å². The van der Waals surface area contributed by atoms with E-state index in [4.69, 9.17) is 0 Å². The Labute approximate surface area is 121 Å². The van der Waals surface area contributed by atoms with Crippen molar-refractivity contribution in [1.29, 1.82) is 0 Å². The summed E-state index contributed by atoms with van der Waals surface area (Å²) < 4.78 is 0. The van der Waals surface area contributed by atoms with E-state index in [1.54, 1.807) is 11.1 Å². The minimum atomic E-state index is 0.616.